The van der Waals surface area contributed by atoms with Crippen LogP contribution in [0.1, 0.15) is 16.7 Å². The lowest BCUT2D eigenvalue weighted by molar-refractivity contribution is -1.91. The third-order valence-electron chi connectivity index (χ3n) is 3.18. The minimum atomic E-state index is -4.52. The molecule has 114 valence electrons. The van der Waals surface area contributed by atoms with Gasteiger partial charge in [0.2, 0.25) is 0 Å². The summed E-state index contributed by atoms with van der Waals surface area (Å²) in [7, 11) is -5.79. The van der Waals surface area contributed by atoms with Gasteiger partial charge in [0, 0.05) is 0 Å². The molecule has 0 amide bonds. The topological polar surface area (TPSA) is 78.4 Å². The van der Waals surface area contributed by atoms with Gasteiger partial charge in [0.1, 0.15) is 14.5 Å². The summed E-state index contributed by atoms with van der Waals surface area (Å²) in [5.74, 6) is 0. The van der Waals surface area contributed by atoms with Crippen molar-refractivity contribution < 1.29 is 28.0 Å². The zero-order valence-electron chi connectivity index (χ0n) is 11.7. The van der Waals surface area contributed by atoms with Crippen molar-refractivity contribution in [3.63, 3.8) is 0 Å². The van der Waals surface area contributed by atoms with Crippen molar-refractivity contribution in [3.8, 4) is 0 Å². The second kappa shape index (κ2) is 5.96. The van der Waals surface area contributed by atoms with Crippen LogP contribution in [0.4, 0.5) is 0 Å². The van der Waals surface area contributed by atoms with Gasteiger partial charge in [-0.15, -0.1) is 0 Å². The zero-order valence-corrected chi connectivity index (χ0v) is 13.3. The van der Waals surface area contributed by atoms with E-state index in [4.69, 9.17) is 3.74 Å². The first-order valence-corrected chi connectivity index (χ1v) is 8.89. The lowest BCUT2D eigenvalue weighted by Gasteiger charge is -2.20. The molecule has 0 fully saturated rings. The molecule has 1 atom stereocenters. The third-order valence-corrected chi connectivity index (χ3v) is 5.83. The van der Waals surface area contributed by atoms with Gasteiger partial charge >= 0.3 is 0 Å². The Morgan fingerprint density at radius 1 is 0.955 bits per heavy atom. The average molecular weight is 337 g/mol. The van der Waals surface area contributed by atoms with E-state index < -0.39 is 21.0 Å². The second-order valence-electron chi connectivity index (χ2n) is 4.81. The van der Waals surface area contributed by atoms with Crippen LogP contribution in [0.25, 0.3) is 6.08 Å². The molecule has 0 aromatic heterocycles. The van der Waals surface area contributed by atoms with Gasteiger partial charge in [0.05, 0.1) is 20.0 Å². The highest BCUT2D eigenvalue weighted by Gasteiger charge is 2.29. The molecule has 3 rings (SSSR count). The highest BCUT2D eigenvalue weighted by molar-refractivity contribution is 8.12. The van der Waals surface area contributed by atoms with Gasteiger partial charge in [0.15, 0.2) is 0 Å². The van der Waals surface area contributed by atoms with Gasteiger partial charge in [-0.3, -0.25) is 0 Å². The number of aryl methyl sites for hydroxylation is 1. The Kier molecular flexibility index (Phi) is 4.18. The number of benzene rings is 2. The minimum Gasteiger partial charge on any atom is -0.182 e. The molecule has 1 aliphatic rings. The largest absolute Gasteiger partial charge is 0.182 e. The first kappa shape index (κ1) is 15.4. The highest BCUT2D eigenvalue weighted by atomic mass is 35.7. The quantitative estimate of drug-likeness (QED) is 0.773. The molecule has 4 nitrogen and oxygen atoms in total. The molecule has 0 radical (unpaired) electrons. The molecular weight excluding hydrogens is 324 g/mol. The van der Waals surface area contributed by atoms with Crippen LogP contribution >= 0.6 is 10.8 Å². The summed E-state index contributed by atoms with van der Waals surface area (Å²) in [5, 5.41) is 0. The van der Waals surface area contributed by atoms with Gasteiger partial charge in [-0.25, -0.2) is 0 Å². The lowest BCUT2D eigenvalue weighted by Crippen LogP contribution is -2.60. The number of rotatable bonds is 3. The summed E-state index contributed by atoms with van der Waals surface area (Å²) in [4.78, 5) is 1.37. The van der Waals surface area contributed by atoms with Crippen molar-refractivity contribution >= 4 is 21.7 Å². The lowest BCUT2D eigenvalue weighted by atomic mass is 10.1. The van der Waals surface area contributed by atoms with E-state index in [1.807, 2.05) is 61.5 Å². The predicted molar refractivity (Wildman–Crippen MR) is 77.7 cm³/mol. The molecule has 0 bridgehead atoms. The normalized spacial score (nSPS) is 17.5. The first-order valence-electron chi connectivity index (χ1n) is 6.50. The number of hydrogen-bond acceptors (Lipinski definition) is 4. The van der Waals surface area contributed by atoms with Gasteiger partial charge in [-0.05, 0) is 35.8 Å². The third kappa shape index (κ3) is 3.30. The Hall–Kier alpha value is -1.47. The fourth-order valence-electron chi connectivity index (χ4n) is 2.24. The van der Waals surface area contributed by atoms with Crippen molar-refractivity contribution in [2.24, 2.45) is 0 Å². The van der Waals surface area contributed by atoms with Gasteiger partial charge in [-0.1, -0.05) is 48.5 Å². The van der Waals surface area contributed by atoms with Crippen LogP contribution in [0, 0.1) is 17.2 Å². The van der Waals surface area contributed by atoms with E-state index in [-0.39, 0.29) is 0 Å². The zero-order chi connectivity index (χ0) is 15.7. The summed E-state index contributed by atoms with van der Waals surface area (Å²) in [6.07, 6.45) is 3.70. The molecule has 2 aromatic rings. The molecule has 1 aliphatic heterocycles. The Morgan fingerprint density at radius 3 is 2.36 bits per heavy atom. The maximum absolute atomic E-state index is 11.1. The molecule has 22 heavy (non-hydrogen) atoms. The molecule has 0 N–H and O–H groups in total. The Bertz CT molecular complexity index is 763. The van der Waals surface area contributed by atoms with Crippen LogP contribution in [-0.4, -0.2) is 4.86 Å². The Labute approximate surface area is 133 Å². The van der Waals surface area contributed by atoms with E-state index in [2.05, 4.69) is 0 Å². The van der Waals surface area contributed by atoms with E-state index >= 15 is 0 Å². The molecular formula is C16H13ClO4S. The molecule has 1 heterocycles. The van der Waals surface area contributed by atoms with Crippen LogP contribution in [0.15, 0.2) is 59.5 Å². The second-order valence-corrected chi connectivity index (χ2v) is 7.49. The predicted octanol–water partition coefficient (Wildman–Crippen LogP) is 0.699. The SMILES string of the molecule is Cc1ccc2c(c1)S(O[Cl+3]([O-])([O-])[O-])=C(c1ccccc1)C=C2. The molecule has 1 unspecified atom stereocenters. The molecule has 0 spiro atoms. The number of hydrogen-bond donors (Lipinski definition) is 0. The van der Waals surface area contributed by atoms with Crippen LogP contribution in [0.5, 0.6) is 0 Å². The standard InChI is InChI=1S/C16H13ClO4S/c1-12-7-8-14-9-10-15(13-5-3-2-4-6-13)22(16(14)11-12)21-17(18,19)20/h2-11H,1H3. The first-order chi connectivity index (χ1) is 10.4. The van der Waals surface area contributed by atoms with Crippen molar-refractivity contribution in [1.82, 2.24) is 0 Å². The monoisotopic (exact) mass is 336 g/mol. The summed E-state index contributed by atoms with van der Waals surface area (Å²) in [6, 6.07) is 15.0. The van der Waals surface area contributed by atoms with E-state index in [0.717, 1.165) is 16.7 Å². The van der Waals surface area contributed by atoms with Crippen LogP contribution < -0.4 is 14.0 Å². The van der Waals surface area contributed by atoms with Gasteiger partial charge in [0.25, 0.3) is 0 Å². The maximum Gasteiger partial charge on any atom is 0.148 e. The van der Waals surface area contributed by atoms with Crippen molar-refractivity contribution in [3.05, 3.63) is 71.3 Å². The molecule has 0 saturated carbocycles. The maximum atomic E-state index is 11.1. The van der Waals surface area contributed by atoms with Crippen molar-refractivity contribution in [2.75, 3.05) is 0 Å². The Morgan fingerprint density at radius 2 is 1.68 bits per heavy atom. The Balaban J connectivity index is 2.22. The summed E-state index contributed by atoms with van der Waals surface area (Å²) in [5.41, 5.74) is 2.66. The fourth-order valence-corrected chi connectivity index (χ4v) is 4.82. The molecule has 2 aromatic carbocycles. The van der Waals surface area contributed by atoms with Gasteiger partial charge in [-0.2, -0.15) is 14.0 Å². The summed E-state index contributed by atoms with van der Waals surface area (Å²) < 4.78 is 38.3. The highest BCUT2D eigenvalue weighted by Crippen LogP contribution is 2.40. The van der Waals surface area contributed by atoms with E-state index in [0.29, 0.717) is 9.76 Å². The molecule has 0 aliphatic carbocycles. The van der Waals surface area contributed by atoms with Crippen LogP contribution in [0.2, 0.25) is 0 Å². The van der Waals surface area contributed by atoms with E-state index in [9.17, 15) is 14.0 Å². The van der Waals surface area contributed by atoms with Crippen LogP contribution in [-0.2, 0) is 3.74 Å². The number of allylic oxidation sites excluding steroid dienone is 1. The minimum absolute atomic E-state index is 0.672. The van der Waals surface area contributed by atoms with E-state index in [1.165, 1.54) is 0 Å². The number of fused-ring (bicyclic) bond motifs is 1. The van der Waals surface area contributed by atoms with Crippen molar-refractivity contribution in [1.29, 1.82) is 0 Å². The van der Waals surface area contributed by atoms with Crippen molar-refractivity contribution in [2.45, 2.75) is 11.8 Å². The number of halogens is 1. The smallest absolute Gasteiger partial charge is 0.148 e. The van der Waals surface area contributed by atoms with Gasteiger partial charge < -0.3 is 0 Å². The molecule has 0 saturated heterocycles. The average Bonchev–Trinajstić information content (AvgIpc) is 2.47. The summed E-state index contributed by atoms with van der Waals surface area (Å²) >= 11 is 0. The molecule has 6 heteroatoms. The van der Waals surface area contributed by atoms with Crippen LogP contribution in [0.3, 0.4) is 0 Å². The van der Waals surface area contributed by atoms with E-state index in [1.54, 1.807) is 6.08 Å². The fraction of sp³-hybridized carbons (Fsp3) is 0.0625. The summed E-state index contributed by atoms with van der Waals surface area (Å²) in [6.45, 7) is 1.91.